The monoisotopic (exact) mass is 214 g/mol. The number of ether oxygens (including phenoxy) is 1. The smallest absolute Gasteiger partial charge is 0.346 e. The molecule has 0 unspecified atom stereocenters. The zero-order valence-corrected chi connectivity index (χ0v) is 8.08. The van der Waals surface area contributed by atoms with E-state index in [1.807, 2.05) is 0 Å². The van der Waals surface area contributed by atoms with E-state index in [0.29, 0.717) is 5.56 Å². The van der Waals surface area contributed by atoms with Gasteiger partial charge in [0.25, 0.3) is 0 Å². The van der Waals surface area contributed by atoms with Crippen LogP contribution in [0.1, 0.15) is 20.7 Å². The average molecular weight is 214 g/mol. The minimum atomic E-state index is -0.603. The number of rotatable bonds is 1. The Morgan fingerprint density at radius 2 is 1.94 bits per heavy atom. The highest BCUT2D eigenvalue weighted by molar-refractivity contribution is 6.14. The third-order valence-corrected chi connectivity index (χ3v) is 2.40. The molecule has 1 aliphatic rings. The summed E-state index contributed by atoms with van der Waals surface area (Å²) in [7, 11) is 0. The van der Waals surface area contributed by atoms with Gasteiger partial charge in [-0.15, -0.1) is 0 Å². The zero-order valence-electron chi connectivity index (χ0n) is 8.08. The first kappa shape index (κ1) is 8.84. The SMILES string of the molecule is O=C1OC(=O)c2cc(-n3cccn3)ccc21. The zero-order chi connectivity index (χ0) is 11.1. The summed E-state index contributed by atoms with van der Waals surface area (Å²) in [5, 5.41) is 4.04. The normalized spacial score (nSPS) is 13.8. The molecule has 0 atom stereocenters. The first-order chi connectivity index (χ1) is 7.75. The van der Waals surface area contributed by atoms with E-state index in [2.05, 4.69) is 9.84 Å². The molecule has 0 N–H and O–H groups in total. The number of carbonyl (C=O) groups is 2. The van der Waals surface area contributed by atoms with Crippen molar-refractivity contribution >= 4 is 11.9 Å². The molecule has 1 aromatic heterocycles. The van der Waals surface area contributed by atoms with Crippen LogP contribution >= 0.6 is 0 Å². The molecule has 0 fully saturated rings. The van der Waals surface area contributed by atoms with E-state index < -0.39 is 11.9 Å². The number of esters is 2. The van der Waals surface area contributed by atoms with Crippen LogP contribution in [0.3, 0.4) is 0 Å². The van der Waals surface area contributed by atoms with Gasteiger partial charge in [-0.2, -0.15) is 5.10 Å². The van der Waals surface area contributed by atoms with Crippen LogP contribution in [-0.4, -0.2) is 21.7 Å². The van der Waals surface area contributed by atoms with E-state index in [0.717, 1.165) is 5.69 Å². The van der Waals surface area contributed by atoms with E-state index in [-0.39, 0.29) is 5.56 Å². The molecule has 0 saturated heterocycles. The summed E-state index contributed by atoms with van der Waals surface area (Å²) in [5.74, 6) is -1.19. The second kappa shape index (κ2) is 3.03. The summed E-state index contributed by atoms with van der Waals surface area (Å²) in [6.07, 6.45) is 3.39. The van der Waals surface area contributed by atoms with E-state index in [4.69, 9.17) is 0 Å². The summed E-state index contributed by atoms with van der Waals surface area (Å²) in [6, 6.07) is 6.65. The Balaban J connectivity index is 2.17. The van der Waals surface area contributed by atoms with Crippen molar-refractivity contribution in [1.82, 2.24) is 9.78 Å². The highest BCUT2D eigenvalue weighted by atomic mass is 16.6. The number of hydrogen-bond donors (Lipinski definition) is 0. The predicted octanol–water partition coefficient (Wildman–Crippen LogP) is 1.18. The Bertz CT molecular complexity index is 587. The minimum Gasteiger partial charge on any atom is -0.386 e. The van der Waals surface area contributed by atoms with Crippen LogP contribution in [0.5, 0.6) is 0 Å². The largest absolute Gasteiger partial charge is 0.386 e. The van der Waals surface area contributed by atoms with Crippen LogP contribution in [-0.2, 0) is 4.74 Å². The fraction of sp³-hybridized carbons (Fsp3) is 0. The number of fused-ring (bicyclic) bond motifs is 1. The lowest BCUT2D eigenvalue weighted by Crippen LogP contribution is -1.98. The van der Waals surface area contributed by atoms with E-state index >= 15 is 0 Å². The second-order valence-electron chi connectivity index (χ2n) is 3.36. The highest BCUT2D eigenvalue weighted by Crippen LogP contribution is 2.22. The number of aromatic nitrogens is 2. The molecule has 5 heteroatoms. The van der Waals surface area contributed by atoms with Gasteiger partial charge in [0.15, 0.2) is 0 Å². The molecule has 16 heavy (non-hydrogen) atoms. The molecule has 0 radical (unpaired) electrons. The molecule has 5 nitrogen and oxygen atoms in total. The standard InChI is InChI=1S/C11H6N2O3/c14-10-8-3-2-7(13-5-1-4-12-13)6-9(8)11(15)16-10/h1-6H. The fourth-order valence-electron chi connectivity index (χ4n) is 1.64. The van der Waals surface area contributed by atoms with Crippen LogP contribution in [0, 0.1) is 0 Å². The summed E-state index contributed by atoms with van der Waals surface area (Å²) >= 11 is 0. The van der Waals surface area contributed by atoms with Crippen molar-refractivity contribution < 1.29 is 14.3 Å². The van der Waals surface area contributed by atoms with Crippen molar-refractivity contribution in [3.63, 3.8) is 0 Å². The Labute approximate surface area is 90.3 Å². The van der Waals surface area contributed by atoms with Gasteiger partial charge in [0, 0.05) is 12.4 Å². The summed E-state index contributed by atoms with van der Waals surface area (Å²) < 4.78 is 6.10. The fourth-order valence-corrected chi connectivity index (χ4v) is 1.64. The first-order valence-electron chi connectivity index (χ1n) is 4.66. The van der Waals surface area contributed by atoms with Gasteiger partial charge < -0.3 is 4.74 Å². The van der Waals surface area contributed by atoms with Crippen molar-refractivity contribution in [3.8, 4) is 5.69 Å². The quantitative estimate of drug-likeness (QED) is 0.528. The summed E-state index contributed by atoms with van der Waals surface area (Å²) in [4.78, 5) is 22.5. The Kier molecular flexibility index (Phi) is 1.67. The molecule has 0 bridgehead atoms. The average Bonchev–Trinajstić information content (AvgIpc) is 2.88. The lowest BCUT2D eigenvalue weighted by atomic mass is 10.1. The number of nitrogens with zero attached hydrogens (tertiary/aromatic N) is 2. The summed E-state index contributed by atoms with van der Waals surface area (Å²) in [5.41, 5.74) is 1.31. The van der Waals surface area contributed by atoms with Gasteiger partial charge in [-0.3, -0.25) is 0 Å². The van der Waals surface area contributed by atoms with Crippen LogP contribution in [0.4, 0.5) is 0 Å². The van der Waals surface area contributed by atoms with Crippen LogP contribution < -0.4 is 0 Å². The van der Waals surface area contributed by atoms with Gasteiger partial charge >= 0.3 is 11.9 Å². The van der Waals surface area contributed by atoms with Crippen LogP contribution in [0.2, 0.25) is 0 Å². The van der Waals surface area contributed by atoms with Gasteiger partial charge in [-0.25, -0.2) is 14.3 Å². The van der Waals surface area contributed by atoms with Crippen molar-refractivity contribution in [1.29, 1.82) is 0 Å². The molecule has 0 aliphatic carbocycles. The maximum absolute atomic E-state index is 11.3. The minimum absolute atomic E-state index is 0.290. The lowest BCUT2D eigenvalue weighted by Gasteiger charge is -2.01. The molecule has 2 heterocycles. The molecule has 0 spiro atoms. The first-order valence-corrected chi connectivity index (χ1v) is 4.66. The maximum atomic E-state index is 11.3. The Morgan fingerprint density at radius 3 is 2.69 bits per heavy atom. The third kappa shape index (κ3) is 1.15. The highest BCUT2D eigenvalue weighted by Gasteiger charge is 2.29. The van der Waals surface area contributed by atoms with Gasteiger partial charge in [-0.1, -0.05) is 0 Å². The number of carbonyl (C=O) groups excluding carboxylic acids is 2. The number of cyclic esters (lactones) is 2. The molecule has 1 aliphatic heterocycles. The molecular weight excluding hydrogens is 208 g/mol. The number of benzene rings is 1. The van der Waals surface area contributed by atoms with Gasteiger partial charge in [0.1, 0.15) is 0 Å². The van der Waals surface area contributed by atoms with Gasteiger partial charge in [0.05, 0.1) is 16.8 Å². The maximum Gasteiger partial charge on any atom is 0.346 e. The van der Waals surface area contributed by atoms with E-state index in [1.54, 1.807) is 41.3 Å². The molecule has 3 rings (SSSR count). The van der Waals surface area contributed by atoms with Crippen molar-refractivity contribution in [2.75, 3.05) is 0 Å². The van der Waals surface area contributed by atoms with Gasteiger partial charge in [0.2, 0.25) is 0 Å². The predicted molar refractivity (Wildman–Crippen MR) is 53.3 cm³/mol. The lowest BCUT2D eigenvalue weighted by molar-refractivity contribution is 0.0444. The topological polar surface area (TPSA) is 61.2 Å². The molecule has 0 amide bonds. The van der Waals surface area contributed by atoms with Crippen molar-refractivity contribution in [3.05, 3.63) is 47.8 Å². The molecule has 78 valence electrons. The van der Waals surface area contributed by atoms with Crippen LogP contribution in [0.15, 0.2) is 36.7 Å². The second-order valence-corrected chi connectivity index (χ2v) is 3.36. The molecule has 1 aromatic carbocycles. The van der Waals surface area contributed by atoms with Crippen molar-refractivity contribution in [2.24, 2.45) is 0 Å². The third-order valence-electron chi connectivity index (χ3n) is 2.40. The summed E-state index contributed by atoms with van der Waals surface area (Å²) in [6.45, 7) is 0. The van der Waals surface area contributed by atoms with Gasteiger partial charge in [-0.05, 0) is 24.3 Å². The Hall–Kier alpha value is -2.43. The van der Waals surface area contributed by atoms with Crippen LogP contribution in [0.25, 0.3) is 5.69 Å². The molecule has 0 saturated carbocycles. The molecule has 2 aromatic rings. The van der Waals surface area contributed by atoms with E-state index in [1.165, 1.54) is 0 Å². The van der Waals surface area contributed by atoms with E-state index in [9.17, 15) is 9.59 Å². The van der Waals surface area contributed by atoms with Crippen molar-refractivity contribution in [2.45, 2.75) is 0 Å². The Morgan fingerprint density at radius 1 is 1.12 bits per heavy atom. The number of hydrogen-bond acceptors (Lipinski definition) is 4. The molecular formula is C11H6N2O3.